The second-order valence-electron chi connectivity index (χ2n) is 5.13. The predicted molar refractivity (Wildman–Crippen MR) is 58.9 cm³/mol. The van der Waals surface area contributed by atoms with Crippen LogP contribution in [-0.2, 0) is 14.4 Å². The van der Waals surface area contributed by atoms with Gasteiger partial charge in [0.1, 0.15) is 0 Å². The van der Waals surface area contributed by atoms with Gasteiger partial charge in [-0.3, -0.25) is 19.3 Å². The van der Waals surface area contributed by atoms with Gasteiger partial charge < -0.3 is 5.11 Å². The van der Waals surface area contributed by atoms with Crippen molar-refractivity contribution in [3.63, 3.8) is 0 Å². The summed E-state index contributed by atoms with van der Waals surface area (Å²) in [6, 6.07) is -0.431. The van der Waals surface area contributed by atoms with Gasteiger partial charge in [-0.2, -0.15) is 0 Å². The molecule has 17 heavy (non-hydrogen) atoms. The second-order valence-corrected chi connectivity index (χ2v) is 5.13. The molecular formula is C12H17NO4. The van der Waals surface area contributed by atoms with E-state index >= 15 is 0 Å². The molecule has 2 rings (SSSR count). The first kappa shape index (κ1) is 12.1. The van der Waals surface area contributed by atoms with Gasteiger partial charge in [0.05, 0.1) is 12.5 Å². The van der Waals surface area contributed by atoms with Crippen LogP contribution in [0.5, 0.6) is 0 Å². The number of hydrogen-bond acceptors (Lipinski definition) is 3. The Morgan fingerprint density at radius 3 is 2.12 bits per heavy atom. The zero-order chi connectivity index (χ0) is 12.7. The van der Waals surface area contributed by atoms with E-state index in [1.807, 2.05) is 0 Å². The smallest absolute Gasteiger partial charge is 0.305 e. The number of carbonyl (C=O) groups excluding carboxylic acids is 2. The lowest BCUT2D eigenvalue weighted by molar-refractivity contribution is -0.146. The number of carbonyl (C=O) groups is 3. The zero-order valence-corrected chi connectivity index (χ0v) is 10.0. The van der Waals surface area contributed by atoms with E-state index in [0.29, 0.717) is 0 Å². The highest BCUT2D eigenvalue weighted by Gasteiger charge is 2.49. The second kappa shape index (κ2) is 4.13. The number of nitrogens with zero attached hydrogens (tertiary/aromatic N) is 1. The van der Waals surface area contributed by atoms with Gasteiger partial charge in [-0.25, -0.2) is 0 Å². The van der Waals surface area contributed by atoms with E-state index in [9.17, 15) is 14.4 Å². The molecule has 2 amide bonds. The monoisotopic (exact) mass is 239 g/mol. The average molecular weight is 239 g/mol. The van der Waals surface area contributed by atoms with Crippen molar-refractivity contribution in [2.45, 2.75) is 39.2 Å². The third-order valence-corrected chi connectivity index (χ3v) is 3.89. The summed E-state index contributed by atoms with van der Waals surface area (Å²) in [5, 5.41) is 8.88. The van der Waals surface area contributed by atoms with Crippen LogP contribution in [0.1, 0.15) is 33.1 Å². The molecule has 1 N–H and O–H groups in total. The van der Waals surface area contributed by atoms with Crippen molar-refractivity contribution in [3.05, 3.63) is 0 Å². The minimum Gasteiger partial charge on any atom is -0.481 e. The molecule has 1 heterocycles. The van der Waals surface area contributed by atoms with Crippen LogP contribution in [0.15, 0.2) is 0 Å². The molecule has 0 radical (unpaired) electrons. The van der Waals surface area contributed by atoms with Crippen molar-refractivity contribution in [3.8, 4) is 0 Å². The molecule has 0 aromatic carbocycles. The molecule has 5 heteroatoms. The summed E-state index contributed by atoms with van der Waals surface area (Å²) in [5.74, 6) is -1.82. The molecule has 1 aliphatic heterocycles. The summed E-state index contributed by atoms with van der Waals surface area (Å²) < 4.78 is 0. The quantitative estimate of drug-likeness (QED) is 0.739. The van der Waals surface area contributed by atoms with Crippen LogP contribution in [0.2, 0.25) is 0 Å². The number of imide groups is 1. The maximum absolute atomic E-state index is 12.0. The van der Waals surface area contributed by atoms with Gasteiger partial charge in [-0.15, -0.1) is 0 Å². The number of aliphatic carboxylic acids is 1. The van der Waals surface area contributed by atoms with Gasteiger partial charge in [0, 0.05) is 11.8 Å². The van der Waals surface area contributed by atoms with Gasteiger partial charge in [0.15, 0.2) is 0 Å². The highest BCUT2D eigenvalue weighted by Crippen LogP contribution is 2.40. The van der Waals surface area contributed by atoms with E-state index in [1.54, 1.807) is 13.8 Å². The van der Waals surface area contributed by atoms with Crippen molar-refractivity contribution in [2.75, 3.05) is 0 Å². The molecule has 5 nitrogen and oxygen atoms in total. The van der Waals surface area contributed by atoms with E-state index < -0.39 is 12.0 Å². The lowest BCUT2D eigenvalue weighted by atomic mass is 10.00. The minimum atomic E-state index is -0.949. The number of carboxylic acid groups (broad SMARTS) is 1. The Morgan fingerprint density at radius 1 is 1.29 bits per heavy atom. The fourth-order valence-corrected chi connectivity index (χ4v) is 2.43. The van der Waals surface area contributed by atoms with E-state index in [2.05, 4.69) is 0 Å². The first-order valence-electron chi connectivity index (χ1n) is 6.02. The Labute approximate surface area is 99.8 Å². The van der Waals surface area contributed by atoms with Crippen molar-refractivity contribution < 1.29 is 19.5 Å². The molecular weight excluding hydrogens is 222 g/mol. The van der Waals surface area contributed by atoms with Crippen LogP contribution in [0, 0.1) is 17.8 Å². The molecule has 3 atom stereocenters. The summed E-state index contributed by atoms with van der Waals surface area (Å²) in [5.41, 5.74) is 0. The minimum absolute atomic E-state index is 0.123. The largest absolute Gasteiger partial charge is 0.481 e. The molecule has 2 fully saturated rings. The number of carboxylic acids is 1. The van der Waals surface area contributed by atoms with Crippen LogP contribution in [-0.4, -0.2) is 33.8 Å². The molecule has 0 aromatic heterocycles. The standard InChI is InChI=1S/C12H17NO4/c1-6-7(2)12(17)13(11(6)16)9(5-10(14)15)8-3-4-8/h6-9H,3-5H2,1-2H3,(H,14,15). The molecule has 3 unspecified atom stereocenters. The van der Waals surface area contributed by atoms with Crippen molar-refractivity contribution in [1.82, 2.24) is 4.90 Å². The Kier molecular flexibility index (Phi) is 2.93. The normalized spacial score (nSPS) is 30.8. The van der Waals surface area contributed by atoms with Crippen LogP contribution in [0.25, 0.3) is 0 Å². The molecule has 1 saturated carbocycles. The average Bonchev–Trinajstić information content (AvgIpc) is 3.05. The Bertz CT molecular complexity index is 355. The fourth-order valence-electron chi connectivity index (χ4n) is 2.43. The van der Waals surface area contributed by atoms with Crippen molar-refractivity contribution in [2.24, 2.45) is 17.8 Å². The molecule has 0 aromatic rings. The first-order valence-corrected chi connectivity index (χ1v) is 6.02. The Hall–Kier alpha value is -1.39. The topological polar surface area (TPSA) is 74.7 Å². The van der Waals surface area contributed by atoms with E-state index in [1.165, 1.54) is 4.90 Å². The van der Waals surface area contributed by atoms with Crippen molar-refractivity contribution >= 4 is 17.8 Å². The Balaban J connectivity index is 2.21. The highest BCUT2D eigenvalue weighted by molar-refractivity contribution is 6.05. The maximum atomic E-state index is 12.0. The van der Waals surface area contributed by atoms with Gasteiger partial charge in [-0.1, -0.05) is 13.8 Å². The molecule has 1 aliphatic carbocycles. The van der Waals surface area contributed by atoms with E-state index in [-0.39, 0.29) is 36.0 Å². The van der Waals surface area contributed by atoms with Crippen LogP contribution in [0.4, 0.5) is 0 Å². The summed E-state index contributed by atoms with van der Waals surface area (Å²) in [6.07, 6.45) is 1.71. The van der Waals surface area contributed by atoms with Crippen LogP contribution >= 0.6 is 0 Å². The van der Waals surface area contributed by atoms with E-state index in [4.69, 9.17) is 5.11 Å². The van der Waals surface area contributed by atoms with Gasteiger partial charge in [0.2, 0.25) is 11.8 Å². The van der Waals surface area contributed by atoms with Gasteiger partial charge in [-0.05, 0) is 18.8 Å². The highest BCUT2D eigenvalue weighted by atomic mass is 16.4. The predicted octanol–water partition coefficient (Wildman–Crippen LogP) is 0.881. The maximum Gasteiger partial charge on any atom is 0.305 e. The van der Waals surface area contributed by atoms with Crippen LogP contribution in [0.3, 0.4) is 0 Å². The number of rotatable bonds is 4. The number of likely N-dealkylation sites (tertiary alicyclic amines) is 1. The third-order valence-electron chi connectivity index (χ3n) is 3.89. The molecule has 2 aliphatic rings. The van der Waals surface area contributed by atoms with Gasteiger partial charge >= 0.3 is 5.97 Å². The first-order chi connectivity index (χ1) is 7.93. The molecule has 94 valence electrons. The molecule has 0 bridgehead atoms. The van der Waals surface area contributed by atoms with Crippen LogP contribution < -0.4 is 0 Å². The lowest BCUT2D eigenvalue weighted by Crippen LogP contribution is -2.43. The molecule has 1 saturated heterocycles. The summed E-state index contributed by atoms with van der Waals surface area (Å²) in [4.78, 5) is 36.0. The lowest BCUT2D eigenvalue weighted by Gasteiger charge is -2.25. The van der Waals surface area contributed by atoms with E-state index in [0.717, 1.165) is 12.8 Å². The van der Waals surface area contributed by atoms with Gasteiger partial charge in [0.25, 0.3) is 0 Å². The number of hydrogen-bond donors (Lipinski definition) is 1. The SMILES string of the molecule is CC1C(=O)N(C(CC(=O)O)C2CC2)C(=O)C1C. The summed E-state index contributed by atoms with van der Waals surface area (Å²) >= 11 is 0. The van der Waals surface area contributed by atoms with Crippen molar-refractivity contribution in [1.29, 1.82) is 0 Å². The summed E-state index contributed by atoms with van der Waals surface area (Å²) in [7, 11) is 0. The molecule has 0 spiro atoms. The fraction of sp³-hybridized carbons (Fsp3) is 0.750. The zero-order valence-electron chi connectivity index (χ0n) is 10.0. The number of amides is 2. The summed E-state index contributed by atoms with van der Waals surface area (Å²) in [6.45, 7) is 3.46. The Morgan fingerprint density at radius 2 is 1.76 bits per heavy atom. The third kappa shape index (κ3) is 2.06.